The lowest BCUT2D eigenvalue weighted by Crippen LogP contribution is -2.45. The lowest BCUT2D eigenvalue weighted by atomic mass is 9.58. The summed E-state index contributed by atoms with van der Waals surface area (Å²) in [6.45, 7) is 14.8. The molecule has 1 aliphatic carbocycles. The monoisotopic (exact) mass is 397 g/mol. The zero-order valence-electron chi connectivity index (χ0n) is 20.1. The molecule has 0 bridgehead atoms. The maximum Gasteiger partial charge on any atom is 0.223 e. The number of unbranched alkanes of at least 4 members (excludes halogenated alkanes) is 6. The quantitative estimate of drug-likeness (QED) is 0.295. The molecule has 28 heavy (non-hydrogen) atoms. The van der Waals surface area contributed by atoms with Gasteiger partial charge in [0, 0.05) is 19.1 Å². The van der Waals surface area contributed by atoms with E-state index in [0.29, 0.717) is 17.4 Å². The summed E-state index contributed by atoms with van der Waals surface area (Å²) in [7, 11) is 0. The van der Waals surface area contributed by atoms with Gasteiger partial charge in [-0.25, -0.2) is 0 Å². The van der Waals surface area contributed by atoms with E-state index in [1.807, 2.05) is 0 Å². The van der Waals surface area contributed by atoms with Gasteiger partial charge in [0.15, 0.2) is 0 Å². The first kappa shape index (κ1) is 27.4. The lowest BCUT2D eigenvalue weighted by molar-refractivity contribution is -0.133. The van der Waals surface area contributed by atoms with E-state index >= 15 is 0 Å². The molecule has 1 N–H and O–H groups in total. The van der Waals surface area contributed by atoms with Gasteiger partial charge in [0.1, 0.15) is 0 Å². The Bertz CT molecular complexity index is 360. The molecule has 1 fully saturated rings. The van der Waals surface area contributed by atoms with E-state index in [-0.39, 0.29) is 5.92 Å². The SMILES string of the molecule is CCCC.CCCCC1(CC)CC(C(=O)NCCCCCCCOC(C)C)C1. The van der Waals surface area contributed by atoms with Gasteiger partial charge in [-0.05, 0) is 51.4 Å². The zero-order chi connectivity index (χ0) is 21.3. The van der Waals surface area contributed by atoms with Crippen LogP contribution in [0.1, 0.15) is 125 Å². The highest BCUT2D eigenvalue weighted by atomic mass is 16.5. The second-order valence-electron chi connectivity index (χ2n) is 9.04. The van der Waals surface area contributed by atoms with Crippen LogP contribution >= 0.6 is 0 Å². The van der Waals surface area contributed by atoms with Crippen LogP contribution in [-0.4, -0.2) is 25.2 Å². The fraction of sp³-hybridized carbons (Fsp3) is 0.960. The predicted molar refractivity (Wildman–Crippen MR) is 123 cm³/mol. The first-order valence-electron chi connectivity index (χ1n) is 12.3. The Kier molecular flexibility index (Phi) is 16.9. The van der Waals surface area contributed by atoms with Crippen LogP contribution in [0.5, 0.6) is 0 Å². The Labute approximate surface area is 176 Å². The van der Waals surface area contributed by atoms with Gasteiger partial charge < -0.3 is 10.1 Å². The van der Waals surface area contributed by atoms with Crippen molar-refractivity contribution in [1.29, 1.82) is 0 Å². The predicted octanol–water partition coefficient (Wildman–Crippen LogP) is 7.28. The van der Waals surface area contributed by atoms with Crippen molar-refractivity contribution in [2.75, 3.05) is 13.2 Å². The molecule has 1 saturated carbocycles. The van der Waals surface area contributed by atoms with Gasteiger partial charge in [0.25, 0.3) is 0 Å². The summed E-state index contributed by atoms with van der Waals surface area (Å²) in [4.78, 5) is 12.2. The van der Waals surface area contributed by atoms with Gasteiger partial charge in [0.05, 0.1) is 6.10 Å². The summed E-state index contributed by atoms with van der Waals surface area (Å²) in [6.07, 6.45) is 16.3. The number of amides is 1. The normalized spacial score (nSPS) is 21.0. The van der Waals surface area contributed by atoms with Gasteiger partial charge >= 0.3 is 0 Å². The number of hydrogen-bond acceptors (Lipinski definition) is 2. The Balaban J connectivity index is 0.00000165. The fourth-order valence-corrected chi connectivity index (χ4v) is 3.82. The summed E-state index contributed by atoms with van der Waals surface area (Å²) in [5, 5.41) is 3.16. The van der Waals surface area contributed by atoms with Crippen molar-refractivity contribution in [3.63, 3.8) is 0 Å². The van der Waals surface area contributed by atoms with E-state index in [1.165, 1.54) is 57.8 Å². The number of hydrogen-bond donors (Lipinski definition) is 1. The van der Waals surface area contributed by atoms with Crippen molar-refractivity contribution in [2.45, 2.75) is 131 Å². The lowest BCUT2D eigenvalue weighted by Gasteiger charge is -2.47. The maximum absolute atomic E-state index is 12.2. The van der Waals surface area contributed by atoms with Gasteiger partial charge in [-0.15, -0.1) is 0 Å². The number of carbonyl (C=O) groups is 1. The maximum atomic E-state index is 12.2. The molecule has 3 nitrogen and oxygen atoms in total. The Morgan fingerprint density at radius 2 is 1.54 bits per heavy atom. The number of carbonyl (C=O) groups excluding carboxylic acids is 1. The highest BCUT2D eigenvalue weighted by Crippen LogP contribution is 2.51. The van der Waals surface area contributed by atoms with Crippen LogP contribution in [0.3, 0.4) is 0 Å². The molecule has 168 valence electrons. The van der Waals surface area contributed by atoms with Crippen molar-refractivity contribution in [3.8, 4) is 0 Å². The van der Waals surface area contributed by atoms with Gasteiger partial charge in [-0.3, -0.25) is 4.79 Å². The molecule has 1 aliphatic rings. The molecule has 3 heteroatoms. The minimum Gasteiger partial charge on any atom is -0.379 e. The highest BCUT2D eigenvalue weighted by molar-refractivity contribution is 5.79. The molecule has 0 unspecified atom stereocenters. The van der Waals surface area contributed by atoms with Crippen LogP contribution in [0, 0.1) is 11.3 Å². The molecular formula is C25H51NO2. The minimum absolute atomic E-state index is 0.287. The van der Waals surface area contributed by atoms with Gasteiger partial charge in [0.2, 0.25) is 5.91 Å². The van der Waals surface area contributed by atoms with Crippen LogP contribution in [0.15, 0.2) is 0 Å². The van der Waals surface area contributed by atoms with Crippen molar-refractivity contribution in [3.05, 3.63) is 0 Å². The zero-order valence-corrected chi connectivity index (χ0v) is 20.1. The average molecular weight is 398 g/mol. The van der Waals surface area contributed by atoms with E-state index in [9.17, 15) is 4.79 Å². The highest BCUT2D eigenvalue weighted by Gasteiger charge is 2.45. The van der Waals surface area contributed by atoms with Crippen LogP contribution in [-0.2, 0) is 9.53 Å². The third kappa shape index (κ3) is 12.8. The largest absolute Gasteiger partial charge is 0.379 e. The van der Waals surface area contributed by atoms with Gasteiger partial charge in [-0.2, -0.15) is 0 Å². The Morgan fingerprint density at radius 1 is 0.929 bits per heavy atom. The molecule has 0 aromatic rings. The summed E-state index contributed by atoms with van der Waals surface area (Å²) in [5.41, 5.74) is 0.482. The summed E-state index contributed by atoms with van der Waals surface area (Å²) in [6, 6.07) is 0. The number of nitrogens with one attached hydrogen (secondary N) is 1. The topological polar surface area (TPSA) is 38.3 Å². The van der Waals surface area contributed by atoms with E-state index < -0.39 is 0 Å². The van der Waals surface area contributed by atoms with Crippen molar-refractivity contribution >= 4 is 5.91 Å². The number of rotatable bonds is 15. The second kappa shape index (κ2) is 17.3. The molecule has 0 saturated heterocycles. The van der Waals surface area contributed by atoms with E-state index in [1.54, 1.807) is 0 Å². The molecule has 0 aromatic carbocycles. The molecule has 0 atom stereocenters. The Hall–Kier alpha value is -0.570. The molecule has 0 aliphatic heterocycles. The average Bonchev–Trinajstić information content (AvgIpc) is 2.66. The van der Waals surface area contributed by atoms with E-state index in [2.05, 4.69) is 46.9 Å². The van der Waals surface area contributed by atoms with Crippen molar-refractivity contribution in [1.82, 2.24) is 5.32 Å². The molecule has 0 aromatic heterocycles. The second-order valence-corrected chi connectivity index (χ2v) is 9.04. The molecular weight excluding hydrogens is 346 g/mol. The molecule has 1 amide bonds. The summed E-state index contributed by atoms with van der Waals surface area (Å²) < 4.78 is 5.54. The standard InChI is InChI=1S/C21H41NO2.C4H10/c1-5-7-13-21(6-2)16-19(17-21)20(23)22-14-11-9-8-10-12-15-24-18(3)4;1-3-4-2/h18-19H,5-17H2,1-4H3,(H,22,23);3-4H2,1-2H3. The van der Waals surface area contributed by atoms with E-state index in [0.717, 1.165) is 38.8 Å². The number of ether oxygens (including phenoxy) is 1. The molecule has 0 heterocycles. The molecule has 1 rings (SSSR count). The first-order chi connectivity index (χ1) is 13.4. The molecule has 0 radical (unpaired) electrons. The van der Waals surface area contributed by atoms with Gasteiger partial charge in [-0.1, -0.05) is 79.1 Å². The fourth-order valence-electron chi connectivity index (χ4n) is 3.82. The van der Waals surface area contributed by atoms with E-state index in [4.69, 9.17) is 4.74 Å². The van der Waals surface area contributed by atoms with Crippen molar-refractivity contribution < 1.29 is 9.53 Å². The van der Waals surface area contributed by atoms with Crippen LogP contribution in [0.25, 0.3) is 0 Å². The Morgan fingerprint density at radius 3 is 2.07 bits per heavy atom. The summed E-state index contributed by atoms with van der Waals surface area (Å²) in [5.74, 6) is 0.593. The van der Waals surface area contributed by atoms with Crippen molar-refractivity contribution in [2.24, 2.45) is 11.3 Å². The molecule has 0 spiro atoms. The third-order valence-electron chi connectivity index (χ3n) is 6.11. The van der Waals surface area contributed by atoms with Crippen LogP contribution < -0.4 is 5.32 Å². The van der Waals surface area contributed by atoms with Crippen LogP contribution in [0.2, 0.25) is 0 Å². The third-order valence-corrected chi connectivity index (χ3v) is 6.11. The first-order valence-corrected chi connectivity index (χ1v) is 12.3. The van der Waals surface area contributed by atoms with Crippen LogP contribution in [0.4, 0.5) is 0 Å². The smallest absolute Gasteiger partial charge is 0.223 e. The summed E-state index contributed by atoms with van der Waals surface area (Å²) >= 11 is 0. The minimum atomic E-state index is 0.287.